The average molecular weight is 397 g/mol. The summed E-state index contributed by atoms with van der Waals surface area (Å²) in [6, 6.07) is 9.50. The summed E-state index contributed by atoms with van der Waals surface area (Å²) < 4.78 is 24.1. The van der Waals surface area contributed by atoms with E-state index in [1.54, 1.807) is 0 Å². The molecule has 8 heteroatoms. The van der Waals surface area contributed by atoms with E-state index >= 15 is 0 Å². The molecule has 23 heavy (non-hydrogen) atoms. The first-order valence-electron chi connectivity index (χ1n) is 7.25. The molecule has 1 saturated heterocycles. The lowest BCUT2D eigenvalue weighted by atomic mass is 10.3. The minimum Gasteiger partial charge on any atom is -0.350 e. The second-order valence-corrected chi connectivity index (χ2v) is 8.74. The van der Waals surface area contributed by atoms with Gasteiger partial charge < -0.3 is 10.6 Å². The number of sulfone groups is 1. The second kappa shape index (κ2) is 6.45. The maximum atomic E-state index is 11.5. The van der Waals surface area contributed by atoms with Crippen molar-refractivity contribution in [3.8, 4) is 0 Å². The highest BCUT2D eigenvalue weighted by molar-refractivity contribution is 9.10. The van der Waals surface area contributed by atoms with E-state index < -0.39 is 9.84 Å². The van der Waals surface area contributed by atoms with Gasteiger partial charge in [-0.2, -0.15) is 4.98 Å². The lowest BCUT2D eigenvalue weighted by Gasteiger charge is -2.13. The van der Waals surface area contributed by atoms with Gasteiger partial charge in [0.15, 0.2) is 9.84 Å². The summed E-state index contributed by atoms with van der Waals surface area (Å²) in [6.07, 6.45) is 0.591. The standard InChI is InChI=1S/C15H17BrN4O2S/c1-10-7-14(18-12-4-2-3-11(16)8-12)20-15(17-10)19-13-5-6-23(21,22)9-13/h2-4,7-8,13H,5-6,9H2,1H3,(H2,17,18,19,20). The molecule has 1 fully saturated rings. The zero-order valence-electron chi connectivity index (χ0n) is 12.6. The Bertz CT molecular complexity index is 826. The van der Waals surface area contributed by atoms with Gasteiger partial charge in [0.1, 0.15) is 5.82 Å². The van der Waals surface area contributed by atoms with Crippen molar-refractivity contribution >= 4 is 43.2 Å². The molecule has 6 nitrogen and oxygen atoms in total. The van der Waals surface area contributed by atoms with Gasteiger partial charge in [-0.3, -0.25) is 0 Å². The largest absolute Gasteiger partial charge is 0.350 e. The Labute approximate surface area is 143 Å². The van der Waals surface area contributed by atoms with Crippen molar-refractivity contribution in [2.75, 3.05) is 22.1 Å². The van der Waals surface area contributed by atoms with E-state index in [1.807, 2.05) is 37.3 Å². The lowest BCUT2D eigenvalue weighted by Crippen LogP contribution is -2.22. The molecule has 0 radical (unpaired) electrons. The van der Waals surface area contributed by atoms with Crippen LogP contribution < -0.4 is 10.6 Å². The van der Waals surface area contributed by atoms with Crippen molar-refractivity contribution in [2.45, 2.75) is 19.4 Å². The van der Waals surface area contributed by atoms with Gasteiger partial charge in [-0.15, -0.1) is 0 Å². The third-order valence-electron chi connectivity index (χ3n) is 3.52. The van der Waals surface area contributed by atoms with Gasteiger partial charge in [0.25, 0.3) is 0 Å². The predicted octanol–water partition coefficient (Wildman–Crippen LogP) is 2.89. The number of aromatic nitrogens is 2. The fraction of sp³-hybridized carbons (Fsp3) is 0.333. The summed E-state index contributed by atoms with van der Waals surface area (Å²) in [5.41, 5.74) is 1.72. The quantitative estimate of drug-likeness (QED) is 0.826. The fourth-order valence-corrected chi connectivity index (χ4v) is 4.58. The molecule has 1 aliphatic rings. The number of aryl methyl sites for hydroxylation is 1. The molecular formula is C15H17BrN4O2S. The second-order valence-electron chi connectivity index (χ2n) is 5.60. The molecule has 122 valence electrons. The molecule has 2 N–H and O–H groups in total. The van der Waals surface area contributed by atoms with E-state index in [0.29, 0.717) is 18.2 Å². The third kappa shape index (κ3) is 4.42. The highest BCUT2D eigenvalue weighted by atomic mass is 79.9. The van der Waals surface area contributed by atoms with Crippen LogP contribution in [0.3, 0.4) is 0 Å². The molecule has 0 saturated carbocycles. The molecular weight excluding hydrogens is 380 g/mol. The molecule has 1 aromatic heterocycles. The first-order chi connectivity index (χ1) is 10.9. The molecule has 1 aliphatic heterocycles. The van der Waals surface area contributed by atoms with Crippen LogP contribution in [0.15, 0.2) is 34.8 Å². The maximum Gasteiger partial charge on any atom is 0.225 e. The van der Waals surface area contributed by atoms with Crippen LogP contribution in [-0.2, 0) is 9.84 Å². The molecule has 2 heterocycles. The number of halogens is 1. The summed E-state index contributed by atoms with van der Waals surface area (Å²) in [4.78, 5) is 8.76. The van der Waals surface area contributed by atoms with Gasteiger partial charge in [0.05, 0.1) is 11.5 Å². The number of anilines is 3. The highest BCUT2D eigenvalue weighted by Crippen LogP contribution is 2.21. The fourth-order valence-electron chi connectivity index (χ4n) is 2.50. The molecule has 0 amide bonds. The lowest BCUT2D eigenvalue weighted by molar-refractivity contribution is 0.602. The van der Waals surface area contributed by atoms with Crippen molar-refractivity contribution < 1.29 is 8.42 Å². The summed E-state index contributed by atoms with van der Waals surface area (Å²) in [5, 5.41) is 6.35. The summed E-state index contributed by atoms with van der Waals surface area (Å²) in [5.74, 6) is 1.47. The van der Waals surface area contributed by atoms with Crippen LogP contribution in [0.25, 0.3) is 0 Å². The van der Waals surface area contributed by atoms with Gasteiger partial charge in [-0.25, -0.2) is 13.4 Å². The van der Waals surface area contributed by atoms with Gasteiger partial charge >= 0.3 is 0 Å². The van der Waals surface area contributed by atoms with Crippen LogP contribution >= 0.6 is 15.9 Å². The maximum absolute atomic E-state index is 11.5. The third-order valence-corrected chi connectivity index (χ3v) is 5.78. The Hall–Kier alpha value is -1.67. The van der Waals surface area contributed by atoms with Gasteiger partial charge in [0, 0.05) is 28.0 Å². The van der Waals surface area contributed by atoms with Crippen LogP contribution in [0.4, 0.5) is 17.5 Å². The first-order valence-corrected chi connectivity index (χ1v) is 9.86. The highest BCUT2D eigenvalue weighted by Gasteiger charge is 2.28. The minimum atomic E-state index is -2.93. The number of nitrogens with one attached hydrogen (secondary N) is 2. The normalized spacial score (nSPS) is 19.5. The van der Waals surface area contributed by atoms with Gasteiger partial charge in [0.2, 0.25) is 5.95 Å². The van der Waals surface area contributed by atoms with E-state index in [0.717, 1.165) is 15.9 Å². The zero-order chi connectivity index (χ0) is 16.4. The Balaban J connectivity index is 1.76. The van der Waals surface area contributed by atoms with Gasteiger partial charge in [-0.05, 0) is 31.5 Å². The number of hydrogen-bond donors (Lipinski definition) is 2. The number of hydrogen-bond acceptors (Lipinski definition) is 6. The SMILES string of the molecule is Cc1cc(Nc2cccc(Br)c2)nc(NC2CCS(=O)(=O)C2)n1. The van der Waals surface area contributed by atoms with Crippen LogP contribution in [0.1, 0.15) is 12.1 Å². The molecule has 0 bridgehead atoms. The Kier molecular flexibility index (Phi) is 4.54. The molecule has 2 aromatic rings. The molecule has 0 spiro atoms. The first kappa shape index (κ1) is 16.2. The summed E-state index contributed by atoms with van der Waals surface area (Å²) >= 11 is 3.43. The van der Waals surface area contributed by atoms with Crippen LogP contribution in [-0.4, -0.2) is 35.9 Å². The average Bonchev–Trinajstić information content (AvgIpc) is 2.77. The Morgan fingerprint density at radius 2 is 2.09 bits per heavy atom. The minimum absolute atomic E-state index is 0.125. The monoisotopic (exact) mass is 396 g/mol. The molecule has 3 rings (SSSR count). The molecule has 0 aliphatic carbocycles. The smallest absolute Gasteiger partial charge is 0.225 e. The van der Waals surface area contributed by atoms with Crippen molar-refractivity contribution in [3.63, 3.8) is 0 Å². The Morgan fingerprint density at radius 3 is 2.78 bits per heavy atom. The van der Waals surface area contributed by atoms with Gasteiger partial charge in [-0.1, -0.05) is 22.0 Å². The van der Waals surface area contributed by atoms with Crippen molar-refractivity contribution in [1.82, 2.24) is 9.97 Å². The van der Waals surface area contributed by atoms with E-state index in [9.17, 15) is 8.42 Å². The van der Waals surface area contributed by atoms with Crippen LogP contribution in [0.5, 0.6) is 0 Å². The van der Waals surface area contributed by atoms with Crippen LogP contribution in [0, 0.1) is 6.92 Å². The summed E-state index contributed by atoms with van der Waals surface area (Å²) in [6.45, 7) is 1.88. The van der Waals surface area contributed by atoms with E-state index in [-0.39, 0.29) is 17.5 Å². The number of rotatable bonds is 4. The van der Waals surface area contributed by atoms with Crippen molar-refractivity contribution in [3.05, 3.63) is 40.5 Å². The molecule has 1 aromatic carbocycles. The van der Waals surface area contributed by atoms with Crippen molar-refractivity contribution in [2.24, 2.45) is 0 Å². The zero-order valence-corrected chi connectivity index (χ0v) is 15.0. The Morgan fingerprint density at radius 1 is 1.26 bits per heavy atom. The molecule has 1 atom stereocenters. The van der Waals surface area contributed by atoms with Crippen LogP contribution in [0.2, 0.25) is 0 Å². The van der Waals surface area contributed by atoms with E-state index in [1.165, 1.54) is 0 Å². The predicted molar refractivity (Wildman–Crippen MR) is 94.9 cm³/mol. The topological polar surface area (TPSA) is 84.0 Å². The van der Waals surface area contributed by atoms with Crippen molar-refractivity contribution in [1.29, 1.82) is 0 Å². The van der Waals surface area contributed by atoms with E-state index in [2.05, 4.69) is 36.5 Å². The number of nitrogens with zero attached hydrogens (tertiary/aromatic N) is 2. The molecule has 1 unspecified atom stereocenters. The summed E-state index contributed by atoms with van der Waals surface area (Å²) in [7, 11) is -2.93. The number of benzene rings is 1. The van der Waals surface area contributed by atoms with E-state index in [4.69, 9.17) is 0 Å².